The lowest BCUT2D eigenvalue weighted by Crippen LogP contribution is -2.46. The van der Waals surface area contributed by atoms with Crippen LogP contribution in [0, 0.1) is 0 Å². The summed E-state index contributed by atoms with van der Waals surface area (Å²) in [4.78, 5) is 23.9. The zero-order valence-electron chi connectivity index (χ0n) is 13.3. The quantitative estimate of drug-likeness (QED) is 0.848. The maximum atomic E-state index is 12.1. The maximum absolute atomic E-state index is 12.1. The van der Waals surface area contributed by atoms with Crippen LogP contribution in [0.1, 0.15) is 38.1 Å². The normalized spacial score (nSPS) is 13.3. The van der Waals surface area contributed by atoms with E-state index in [1.807, 2.05) is 0 Å². The van der Waals surface area contributed by atoms with Crippen molar-refractivity contribution in [3.8, 4) is 0 Å². The standard InChI is InChI=1S/C15H21NO5S/c1-10(13(17)16-15(2,3)4)21-14(18)11-8-6-7-9-12(11)22(5,19)20/h6-10H,1-5H3,(H,16,17)/t10-/m0/s1. The molecule has 0 aliphatic carbocycles. The van der Waals surface area contributed by atoms with Crippen LogP contribution >= 0.6 is 0 Å². The molecule has 0 fully saturated rings. The predicted molar refractivity (Wildman–Crippen MR) is 82.3 cm³/mol. The Balaban J connectivity index is 2.93. The summed E-state index contributed by atoms with van der Waals surface area (Å²) in [6.45, 7) is 6.84. The van der Waals surface area contributed by atoms with Gasteiger partial charge in [-0.2, -0.15) is 0 Å². The van der Waals surface area contributed by atoms with Crippen LogP contribution in [0.2, 0.25) is 0 Å². The molecule has 122 valence electrons. The summed E-state index contributed by atoms with van der Waals surface area (Å²) in [6.07, 6.45) is -0.0196. The first-order valence-corrected chi connectivity index (χ1v) is 8.63. The number of nitrogens with one attached hydrogen (secondary N) is 1. The number of sulfone groups is 1. The molecule has 22 heavy (non-hydrogen) atoms. The van der Waals surface area contributed by atoms with E-state index in [4.69, 9.17) is 4.74 Å². The summed E-state index contributed by atoms with van der Waals surface area (Å²) in [6, 6.07) is 5.73. The Morgan fingerprint density at radius 3 is 2.23 bits per heavy atom. The van der Waals surface area contributed by atoms with E-state index in [-0.39, 0.29) is 10.5 Å². The average Bonchev–Trinajstić information content (AvgIpc) is 2.35. The van der Waals surface area contributed by atoms with Crippen LogP contribution in [-0.4, -0.2) is 38.2 Å². The summed E-state index contributed by atoms with van der Waals surface area (Å²) < 4.78 is 28.4. The van der Waals surface area contributed by atoms with E-state index in [2.05, 4.69) is 5.32 Å². The van der Waals surface area contributed by atoms with Gasteiger partial charge in [-0.05, 0) is 39.8 Å². The summed E-state index contributed by atoms with van der Waals surface area (Å²) in [5.41, 5.74) is -0.539. The molecule has 1 amide bonds. The number of benzene rings is 1. The van der Waals surface area contributed by atoms with E-state index in [0.717, 1.165) is 6.26 Å². The molecule has 0 aliphatic heterocycles. The monoisotopic (exact) mass is 327 g/mol. The van der Waals surface area contributed by atoms with Gasteiger partial charge >= 0.3 is 5.97 Å². The topological polar surface area (TPSA) is 89.5 Å². The fourth-order valence-corrected chi connectivity index (χ4v) is 2.58. The average molecular weight is 327 g/mol. The van der Waals surface area contributed by atoms with Gasteiger partial charge in [-0.3, -0.25) is 4.79 Å². The third-order valence-corrected chi connectivity index (χ3v) is 3.81. The van der Waals surface area contributed by atoms with Gasteiger partial charge < -0.3 is 10.1 Å². The second-order valence-electron chi connectivity index (χ2n) is 6.06. The smallest absolute Gasteiger partial charge is 0.340 e. The van der Waals surface area contributed by atoms with E-state index in [1.165, 1.54) is 31.2 Å². The molecule has 0 heterocycles. The van der Waals surface area contributed by atoms with E-state index in [1.54, 1.807) is 20.8 Å². The van der Waals surface area contributed by atoms with Crippen molar-refractivity contribution in [1.29, 1.82) is 0 Å². The van der Waals surface area contributed by atoms with Gasteiger partial charge in [0.25, 0.3) is 5.91 Å². The molecule has 0 aliphatic rings. The molecule has 6 nitrogen and oxygen atoms in total. The molecule has 1 rings (SSSR count). The lowest BCUT2D eigenvalue weighted by Gasteiger charge is -2.23. The Morgan fingerprint density at radius 1 is 1.18 bits per heavy atom. The zero-order valence-corrected chi connectivity index (χ0v) is 14.2. The molecule has 1 aromatic carbocycles. The number of esters is 1. The minimum absolute atomic E-state index is 0.0830. The number of amides is 1. The van der Waals surface area contributed by atoms with Crippen LogP contribution in [0.3, 0.4) is 0 Å². The molecule has 0 aromatic heterocycles. The third kappa shape index (κ3) is 5.14. The highest BCUT2D eigenvalue weighted by Gasteiger charge is 2.25. The van der Waals surface area contributed by atoms with Gasteiger partial charge in [0.15, 0.2) is 15.9 Å². The molecule has 7 heteroatoms. The highest BCUT2D eigenvalue weighted by Crippen LogP contribution is 2.17. The van der Waals surface area contributed by atoms with Crippen LogP contribution in [0.15, 0.2) is 29.2 Å². The molecule has 0 saturated carbocycles. The Labute approximate surface area is 130 Å². The molecule has 1 atom stereocenters. The number of hydrogen-bond donors (Lipinski definition) is 1. The summed E-state index contributed by atoms with van der Waals surface area (Å²) in [5.74, 6) is -1.30. The Morgan fingerprint density at radius 2 is 1.73 bits per heavy atom. The van der Waals surface area contributed by atoms with Crippen molar-refractivity contribution in [3.63, 3.8) is 0 Å². The van der Waals surface area contributed by atoms with Crippen molar-refractivity contribution in [2.45, 2.75) is 44.2 Å². The number of rotatable bonds is 4. The molecule has 1 N–H and O–H groups in total. The lowest BCUT2D eigenvalue weighted by atomic mass is 10.1. The Kier molecular flexibility index (Phi) is 5.35. The summed E-state index contributed by atoms with van der Waals surface area (Å²) in [5, 5.41) is 2.69. The highest BCUT2D eigenvalue weighted by atomic mass is 32.2. The maximum Gasteiger partial charge on any atom is 0.340 e. The molecule has 0 radical (unpaired) electrons. The Bertz CT molecular complexity index is 673. The highest BCUT2D eigenvalue weighted by molar-refractivity contribution is 7.90. The molecular weight excluding hydrogens is 306 g/mol. The lowest BCUT2D eigenvalue weighted by molar-refractivity contribution is -0.130. The molecule has 0 unspecified atom stereocenters. The zero-order chi connectivity index (χ0) is 17.1. The fourth-order valence-electron chi connectivity index (χ4n) is 1.71. The van der Waals surface area contributed by atoms with Crippen LogP contribution in [-0.2, 0) is 19.4 Å². The van der Waals surface area contributed by atoms with Crippen molar-refractivity contribution < 1.29 is 22.7 Å². The second-order valence-corrected chi connectivity index (χ2v) is 8.04. The van der Waals surface area contributed by atoms with Crippen LogP contribution < -0.4 is 5.32 Å². The predicted octanol–water partition coefficient (Wildman–Crippen LogP) is 1.55. The SMILES string of the molecule is C[C@H](OC(=O)c1ccccc1S(C)(=O)=O)C(=O)NC(C)(C)C. The van der Waals surface area contributed by atoms with Crippen LogP contribution in [0.25, 0.3) is 0 Å². The van der Waals surface area contributed by atoms with Crippen LogP contribution in [0.4, 0.5) is 0 Å². The molecular formula is C15H21NO5S. The van der Waals surface area contributed by atoms with Gasteiger partial charge in [0.1, 0.15) is 0 Å². The van der Waals surface area contributed by atoms with Gasteiger partial charge in [0.2, 0.25) is 0 Å². The number of ether oxygens (including phenoxy) is 1. The van der Waals surface area contributed by atoms with Gasteiger partial charge in [-0.15, -0.1) is 0 Å². The van der Waals surface area contributed by atoms with Crippen molar-refractivity contribution in [3.05, 3.63) is 29.8 Å². The molecule has 1 aromatic rings. The molecule has 0 bridgehead atoms. The fraction of sp³-hybridized carbons (Fsp3) is 0.467. The summed E-state index contributed by atoms with van der Waals surface area (Å²) in [7, 11) is -3.56. The minimum atomic E-state index is -3.56. The van der Waals surface area contributed by atoms with Crippen molar-refractivity contribution in [1.82, 2.24) is 5.32 Å². The second kappa shape index (κ2) is 6.48. The van der Waals surface area contributed by atoms with E-state index < -0.39 is 33.4 Å². The number of carbonyl (C=O) groups excluding carboxylic acids is 2. The first kappa shape index (κ1) is 18.2. The van der Waals surface area contributed by atoms with Crippen molar-refractivity contribution in [2.24, 2.45) is 0 Å². The van der Waals surface area contributed by atoms with E-state index >= 15 is 0 Å². The van der Waals surface area contributed by atoms with Crippen molar-refractivity contribution >= 4 is 21.7 Å². The molecule has 0 spiro atoms. The Hall–Kier alpha value is -1.89. The minimum Gasteiger partial charge on any atom is -0.449 e. The first-order chi connectivity index (χ1) is 9.92. The largest absolute Gasteiger partial charge is 0.449 e. The van der Waals surface area contributed by atoms with Gasteiger partial charge in [0, 0.05) is 11.8 Å². The number of hydrogen-bond acceptors (Lipinski definition) is 5. The first-order valence-electron chi connectivity index (χ1n) is 6.74. The third-order valence-electron chi connectivity index (χ3n) is 2.66. The van der Waals surface area contributed by atoms with Gasteiger partial charge in [0.05, 0.1) is 10.5 Å². The summed E-state index contributed by atoms with van der Waals surface area (Å²) >= 11 is 0. The van der Waals surface area contributed by atoms with Crippen molar-refractivity contribution in [2.75, 3.05) is 6.26 Å². The van der Waals surface area contributed by atoms with E-state index in [9.17, 15) is 18.0 Å². The van der Waals surface area contributed by atoms with Crippen LogP contribution in [0.5, 0.6) is 0 Å². The van der Waals surface area contributed by atoms with E-state index in [0.29, 0.717) is 0 Å². The molecule has 0 saturated heterocycles. The van der Waals surface area contributed by atoms with Gasteiger partial charge in [-0.25, -0.2) is 13.2 Å². The van der Waals surface area contributed by atoms with Gasteiger partial charge in [-0.1, -0.05) is 12.1 Å². The number of carbonyl (C=O) groups is 2.